The monoisotopic (exact) mass is 194 g/mol. The number of phenols is 1. The lowest BCUT2D eigenvalue weighted by Crippen LogP contribution is -2.13. The molecule has 0 bridgehead atoms. The summed E-state index contributed by atoms with van der Waals surface area (Å²) in [6.45, 7) is 0. The first-order valence-electron chi connectivity index (χ1n) is 5.18. The van der Waals surface area contributed by atoms with E-state index >= 15 is 0 Å². The Labute approximate surface area is 83.6 Å². The standard InChI is InChI=1S/C12H15FO/c13-11-6-4-9(5-7-11)10-2-1-3-12(14)8-10/h1-3,8-9,11,14H,4-7H2. The van der Waals surface area contributed by atoms with Crippen molar-refractivity contribution >= 4 is 0 Å². The molecule has 2 heteroatoms. The third-order valence-corrected chi connectivity index (χ3v) is 3.00. The molecule has 1 fully saturated rings. The van der Waals surface area contributed by atoms with E-state index in [1.807, 2.05) is 12.1 Å². The molecule has 14 heavy (non-hydrogen) atoms. The maximum absolute atomic E-state index is 12.9. The number of benzene rings is 1. The van der Waals surface area contributed by atoms with Crippen LogP contribution in [0.4, 0.5) is 4.39 Å². The fourth-order valence-electron chi connectivity index (χ4n) is 2.16. The van der Waals surface area contributed by atoms with Crippen molar-refractivity contribution in [2.24, 2.45) is 0 Å². The van der Waals surface area contributed by atoms with Gasteiger partial charge in [-0.1, -0.05) is 12.1 Å². The molecule has 0 saturated heterocycles. The van der Waals surface area contributed by atoms with Gasteiger partial charge in [-0.15, -0.1) is 0 Å². The number of hydrogen-bond acceptors (Lipinski definition) is 1. The predicted octanol–water partition coefficient (Wildman–Crippen LogP) is 3.39. The van der Waals surface area contributed by atoms with Crippen LogP contribution in [0.25, 0.3) is 0 Å². The summed E-state index contributed by atoms with van der Waals surface area (Å²) in [4.78, 5) is 0. The molecule has 0 amide bonds. The number of alkyl halides is 1. The molecular weight excluding hydrogens is 179 g/mol. The number of halogens is 1. The van der Waals surface area contributed by atoms with Gasteiger partial charge in [0.05, 0.1) is 0 Å². The van der Waals surface area contributed by atoms with Gasteiger partial charge in [-0.3, -0.25) is 0 Å². The van der Waals surface area contributed by atoms with Crippen LogP contribution in [0.2, 0.25) is 0 Å². The van der Waals surface area contributed by atoms with Crippen molar-refractivity contribution in [2.45, 2.75) is 37.8 Å². The van der Waals surface area contributed by atoms with Crippen LogP contribution < -0.4 is 0 Å². The second kappa shape index (κ2) is 3.99. The molecule has 2 rings (SSSR count). The van der Waals surface area contributed by atoms with Crippen molar-refractivity contribution in [3.63, 3.8) is 0 Å². The van der Waals surface area contributed by atoms with E-state index in [1.54, 1.807) is 12.1 Å². The lowest BCUT2D eigenvalue weighted by molar-refractivity contribution is 0.235. The maximum Gasteiger partial charge on any atom is 0.115 e. The first-order chi connectivity index (χ1) is 6.75. The molecule has 1 aromatic rings. The van der Waals surface area contributed by atoms with E-state index in [-0.39, 0.29) is 0 Å². The van der Waals surface area contributed by atoms with Gasteiger partial charge in [0.15, 0.2) is 0 Å². The van der Waals surface area contributed by atoms with E-state index in [4.69, 9.17) is 0 Å². The second-order valence-corrected chi connectivity index (χ2v) is 4.04. The highest BCUT2D eigenvalue weighted by atomic mass is 19.1. The van der Waals surface area contributed by atoms with E-state index in [1.165, 1.54) is 0 Å². The summed E-state index contributed by atoms with van der Waals surface area (Å²) in [6.07, 6.45) is 2.54. The van der Waals surface area contributed by atoms with E-state index in [0.29, 0.717) is 24.5 Å². The van der Waals surface area contributed by atoms with Crippen molar-refractivity contribution in [1.82, 2.24) is 0 Å². The van der Waals surface area contributed by atoms with Gasteiger partial charge in [0, 0.05) is 0 Å². The zero-order valence-electron chi connectivity index (χ0n) is 8.12. The average molecular weight is 194 g/mol. The van der Waals surface area contributed by atoms with Crippen molar-refractivity contribution in [3.8, 4) is 5.75 Å². The molecule has 76 valence electrons. The molecule has 0 heterocycles. The Bertz CT molecular complexity index is 303. The average Bonchev–Trinajstić information content (AvgIpc) is 2.19. The summed E-state index contributed by atoms with van der Waals surface area (Å²) in [6, 6.07) is 7.34. The van der Waals surface area contributed by atoms with Crippen LogP contribution in [-0.2, 0) is 0 Å². The summed E-state index contributed by atoms with van der Waals surface area (Å²) in [5, 5.41) is 9.32. The Kier molecular flexibility index (Phi) is 2.71. The van der Waals surface area contributed by atoms with Crippen molar-refractivity contribution in [3.05, 3.63) is 29.8 Å². The minimum Gasteiger partial charge on any atom is -0.508 e. The van der Waals surface area contributed by atoms with Crippen LogP contribution in [-0.4, -0.2) is 11.3 Å². The summed E-state index contributed by atoms with van der Waals surface area (Å²) in [7, 11) is 0. The van der Waals surface area contributed by atoms with Crippen LogP contribution in [0.1, 0.15) is 37.2 Å². The van der Waals surface area contributed by atoms with E-state index in [9.17, 15) is 9.50 Å². The molecule has 0 spiro atoms. The summed E-state index contributed by atoms with van der Waals surface area (Å²) >= 11 is 0. The zero-order chi connectivity index (χ0) is 9.97. The highest BCUT2D eigenvalue weighted by Gasteiger charge is 2.21. The minimum atomic E-state index is -0.608. The number of rotatable bonds is 1. The van der Waals surface area contributed by atoms with Gasteiger partial charge in [-0.05, 0) is 49.3 Å². The first-order valence-corrected chi connectivity index (χ1v) is 5.18. The Morgan fingerprint density at radius 3 is 2.50 bits per heavy atom. The van der Waals surface area contributed by atoms with Crippen LogP contribution in [0.15, 0.2) is 24.3 Å². The molecule has 0 radical (unpaired) electrons. The molecule has 1 aromatic carbocycles. The van der Waals surface area contributed by atoms with Crippen LogP contribution in [0.3, 0.4) is 0 Å². The van der Waals surface area contributed by atoms with E-state index in [0.717, 1.165) is 18.4 Å². The second-order valence-electron chi connectivity index (χ2n) is 4.04. The van der Waals surface area contributed by atoms with Crippen LogP contribution >= 0.6 is 0 Å². The lowest BCUT2D eigenvalue weighted by Gasteiger charge is -2.24. The molecule has 1 aliphatic carbocycles. The predicted molar refractivity (Wildman–Crippen MR) is 54.2 cm³/mol. The van der Waals surface area contributed by atoms with Gasteiger partial charge in [-0.25, -0.2) is 4.39 Å². The third kappa shape index (κ3) is 2.06. The van der Waals surface area contributed by atoms with Gasteiger partial charge in [0.25, 0.3) is 0 Å². The zero-order valence-corrected chi connectivity index (χ0v) is 8.12. The quantitative estimate of drug-likeness (QED) is 0.726. The highest BCUT2D eigenvalue weighted by molar-refractivity contribution is 5.29. The molecule has 1 N–H and O–H groups in total. The van der Waals surface area contributed by atoms with Gasteiger partial charge in [0.1, 0.15) is 11.9 Å². The number of hydrogen-bond donors (Lipinski definition) is 1. The summed E-state index contributed by atoms with van der Waals surface area (Å²) < 4.78 is 12.9. The largest absolute Gasteiger partial charge is 0.508 e. The van der Waals surface area contributed by atoms with Gasteiger partial charge < -0.3 is 5.11 Å². The Hall–Kier alpha value is -1.05. The molecule has 0 aromatic heterocycles. The molecule has 0 aliphatic heterocycles. The number of aromatic hydroxyl groups is 1. The van der Waals surface area contributed by atoms with Gasteiger partial charge in [-0.2, -0.15) is 0 Å². The maximum atomic E-state index is 12.9. The van der Waals surface area contributed by atoms with Gasteiger partial charge >= 0.3 is 0 Å². The third-order valence-electron chi connectivity index (χ3n) is 3.00. The molecule has 1 nitrogen and oxygen atoms in total. The fraction of sp³-hybridized carbons (Fsp3) is 0.500. The fourth-order valence-corrected chi connectivity index (χ4v) is 2.16. The van der Waals surface area contributed by atoms with E-state index < -0.39 is 6.17 Å². The molecular formula is C12H15FO. The van der Waals surface area contributed by atoms with E-state index in [2.05, 4.69) is 0 Å². The van der Waals surface area contributed by atoms with Crippen LogP contribution in [0, 0.1) is 0 Å². The first kappa shape index (κ1) is 9.50. The number of phenolic OH excluding ortho intramolecular Hbond substituents is 1. The minimum absolute atomic E-state index is 0.310. The van der Waals surface area contributed by atoms with Gasteiger partial charge in [0.2, 0.25) is 0 Å². The molecule has 0 atom stereocenters. The molecule has 1 saturated carbocycles. The Balaban J connectivity index is 2.08. The smallest absolute Gasteiger partial charge is 0.115 e. The Morgan fingerprint density at radius 1 is 1.14 bits per heavy atom. The summed E-state index contributed by atoms with van der Waals surface area (Å²) in [5.74, 6) is 0.749. The van der Waals surface area contributed by atoms with Crippen molar-refractivity contribution in [1.29, 1.82) is 0 Å². The summed E-state index contributed by atoms with van der Waals surface area (Å²) in [5.41, 5.74) is 1.15. The lowest BCUT2D eigenvalue weighted by atomic mass is 9.83. The van der Waals surface area contributed by atoms with Crippen LogP contribution in [0.5, 0.6) is 5.75 Å². The highest BCUT2D eigenvalue weighted by Crippen LogP contribution is 2.34. The SMILES string of the molecule is Oc1cccc(C2CCC(F)CC2)c1. The molecule has 0 unspecified atom stereocenters. The van der Waals surface area contributed by atoms with Crippen molar-refractivity contribution < 1.29 is 9.50 Å². The Morgan fingerprint density at radius 2 is 1.86 bits per heavy atom. The normalized spacial score (nSPS) is 27.5. The molecule has 1 aliphatic rings. The topological polar surface area (TPSA) is 20.2 Å². The van der Waals surface area contributed by atoms with Crippen molar-refractivity contribution in [2.75, 3.05) is 0 Å².